The largest absolute Gasteiger partial charge is 0.508 e. The maximum absolute atomic E-state index is 11.8. The van der Waals surface area contributed by atoms with Crippen molar-refractivity contribution in [1.29, 1.82) is 0 Å². The highest BCUT2D eigenvalue weighted by atomic mass is 35.5. The fraction of sp³-hybridized carbons (Fsp3) is 0. The van der Waals surface area contributed by atoms with Crippen LogP contribution in [0.3, 0.4) is 0 Å². The summed E-state index contributed by atoms with van der Waals surface area (Å²) >= 11 is 17.5. The van der Waals surface area contributed by atoms with Gasteiger partial charge in [-0.05, 0) is 36.4 Å². The number of phenols is 1. The number of halogens is 3. The highest BCUT2D eigenvalue weighted by molar-refractivity contribution is 6.48. The third kappa shape index (κ3) is 3.13. The van der Waals surface area contributed by atoms with Gasteiger partial charge in [0, 0.05) is 0 Å². The molecule has 2 aromatic carbocycles. The highest BCUT2D eigenvalue weighted by Gasteiger charge is 2.14. The summed E-state index contributed by atoms with van der Waals surface area (Å²) in [7, 11) is 0. The SMILES string of the molecule is O=C(Oc1ccc(Cl)c(Cl)c1Cl)c1ccc(O)cc1. The van der Waals surface area contributed by atoms with E-state index in [1.54, 1.807) is 0 Å². The Morgan fingerprint density at radius 1 is 0.947 bits per heavy atom. The predicted molar refractivity (Wildman–Crippen MR) is 74.5 cm³/mol. The second kappa shape index (κ2) is 5.70. The first-order chi connectivity index (χ1) is 8.99. The lowest BCUT2D eigenvalue weighted by atomic mass is 10.2. The first-order valence-corrected chi connectivity index (χ1v) is 6.27. The molecule has 3 nitrogen and oxygen atoms in total. The van der Waals surface area contributed by atoms with E-state index in [0.717, 1.165) is 0 Å². The van der Waals surface area contributed by atoms with Crippen molar-refractivity contribution in [2.45, 2.75) is 0 Å². The normalized spacial score (nSPS) is 10.3. The number of hydrogen-bond donors (Lipinski definition) is 1. The van der Waals surface area contributed by atoms with Crippen molar-refractivity contribution in [2.24, 2.45) is 0 Å². The fourth-order valence-electron chi connectivity index (χ4n) is 1.34. The van der Waals surface area contributed by atoms with E-state index in [4.69, 9.17) is 44.6 Å². The number of ether oxygens (including phenoxy) is 1. The molecule has 98 valence electrons. The van der Waals surface area contributed by atoms with Gasteiger partial charge in [0.25, 0.3) is 0 Å². The smallest absolute Gasteiger partial charge is 0.343 e. The summed E-state index contributed by atoms with van der Waals surface area (Å²) in [6.07, 6.45) is 0. The fourth-order valence-corrected chi connectivity index (χ4v) is 1.91. The van der Waals surface area contributed by atoms with E-state index in [2.05, 4.69) is 0 Å². The van der Waals surface area contributed by atoms with E-state index in [-0.39, 0.29) is 32.1 Å². The monoisotopic (exact) mass is 316 g/mol. The molecule has 0 aliphatic heterocycles. The van der Waals surface area contributed by atoms with Crippen LogP contribution in [0.5, 0.6) is 11.5 Å². The molecule has 0 atom stereocenters. The topological polar surface area (TPSA) is 46.5 Å². The molecule has 2 aromatic rings. The Bertz CT molecular complexity index is 624. The molecule has 0 fully saturated rings. The zero-order valence-corrected chi connectivity index (χ0v) is 11.6. The van der Waals surface area contributed by atoms with E-state index in [1.165, 1.54) is 36.4 Å². The van der Waals surface area contributed by atoms with Crippen LogP contribution in [0.2, 0.25) is 15.1 Å². The third-order valence-corrected chi connectivity index (χ3v) is 3.58. The van der Waals surface area contributed by atoms with Gasteiger partial charge >= 0.3 is 5.97 Å². The molecule has 0 heterocycles. The summed E-state index contributed by atoms with van der Waals surface area (Å²) in [5.41, 5.74) is 0.278. The number of phenolic OH excluding ortho intramolecular Hbond substituents is 1. The van der Waals surface area contributed by atoms with Crippen molar-refractivity contribution in [3.05, 3.63) is 57.0 Å². The summed E-state index contributed by atoms with van der Waals surface area (Å²) in [4.78, 5) is 11.8. The predicted octanol–water partition coefficient (Wildman–Crippen LogP) is 4.57. The van der Waals surface area contributed by atoms with Crippen LogP contribution < -0.4 is 4.74 Å². The Kier molecular flexibility index (Phi) is 4.20. The van der Waals surface area contributed by atoms with Gasteiger partial charge in [-0.25, -0.2) is 4.79 Å². The maximum Gasteiger partial charge on any atom is 0.343 e. The first-order valence-electron chi connectivity index (χ1n) is 5.13. The van der Waals surface area contributed by atoms with Crippen molar-refractivity contribution in [3.63, 3.8) is 0 Å². The Morgan fingerprint density at radius 3 is 2.21 bits per heavy atom. The number of aromatic hydroxyl groups is 1. The summed E-state index contributed by atoms with van der Waals surface area (Å²) in [6, 6.07) is 8.57. The van der Waals surface area contributed by atoms with Gasteiger partial charge < -0.3 is 9.84 Å². The van der Waals surface area contributed by atoms with E-state index in [9.17, 15) is 4.79 Å². The summed E-state index contributed by atoms with van der Waals surface area (Å²) in [6.45, 7) is 0. The molecule has 6 heteroatoms. The minimum atomic E-state index is -0.611. The van der Waals surface area contributed by atoms with Gasteiger partial charge in [-0.15, -0.1) is 0 Å². The van der Waals surface area contributed by atoms with Crippen molar-refractivity contribution >= 4 is 40.8 Å². The van der Waals surface area contributed by atoms with Crippen LogP contribution in [-0.4, -0.2) is 11.1 Å². The lowest BCUT2D eigenvalue weighted by Gasteiger charge is -2.08. The van der Waals surface area contributed by atoms with Crippen LogP contribution in [0.25, 0.3) is 0 Å². The van der Waals surface area contributed by atoms with E-state index >= 15 is 0 Å². The molecule has 0 aliphatic rings. The third-order valence-electron chi connectivity index (χ3n) is 2.31. The van der Waals surface area contributed by atoms with Crippen molar-refractivity contribution in [1.82, 2.24) is 0 Å². The van der Waals surface area contributed by atoms with E-state index in [0.29, 0.717) is 0 Å². The quantitative estimate of drug-likeness (QED) is 0.501. The molecule has 0 bridgehead atoms. The van der Waals surface area contributed by atoms with Gasteiger partial charge in [0.1, 0.15) is 10.8 Å². The maximum atomic E-state index is 11.8. The van der Waals surface area contributed by atoms with Crippen molar-refractivity contribution in [2.75, 3.05) is 0 Å². The molecule has 0 aromatic heterocycles. The number of esters is 1. The second-order valence-electron chi connectivity index (χ2n) is 3.61. The van der Waals surface area contributed by atoms with Gasteiger partial charge in [0.15, 0.2) is 5.75 Å². The molecular formula is C13H7Cl3O3. The van der Waals surface area contributed by atoms with Gasteiger partial charge in [-0.2, -0.15) is 0 Å². The van der Waals surface area contributed by atoms with Crippen molar-refractivity contribution in [3.8, 4) is 11.5 Å². The first kappa shape index (κ1) is 14.0. The molecule has 2 rings (SSSR count). The molecule has 19 heavy (non-hydrogen) atoms. The van der Waals surface area contributed by atoms with Gasteiger partial charge in [0.05, 0.1) is 15.6 Å². The van der Waals surface area contributed by atoms with E-state index < -0.39 is 5.97 Å². The zero-order valence-electron chi connectivity index (χ0n) is 9.36. The minimum absolute atomic E-state index is 0.0594. The van der Waals surface area contributed by atoms with Gasteiger partial charge in [-0.1, -0.05) is 34.8 Å². The lowest BCUT2D eigenvalue weighted by Crippen LogP contribution is -2.08. The van der Waals surface area contributed by atoms with Gasteiger partial charge in [0.2, 0.25) is 0 Å². The molecule has 0 unspecified atom stereocenters. The molecule has 0 saturated heterocycles. The molecule has 0 aliphatic carbocycles. The molecule has 0 saturated carbocycles. The van der Waals surface area contributed by atoms with Crippen LogP contribution in [-0.2, 0) is 0 Å². The van der Waals surface area contributed by atoms with Crippen LogP contribution in [0.4, 0.5) is 0 Å². The number of carbonyl (C=O) groups is 1. The minimum Gasteiger partial charge on any atom is -0.508 e. The van der Waals surface area contributed by atoms with Crippen LogP contribution >= 0.6 is 34.8 Å². The Hall–Kier alpha value is -1.42. The standard InChI is InChI=1S/C13H7Cl3O3/c14-9-5-6-10(12(16)11(9)15)19-13(18)7-1-3-8(17)4-2-7/h1-6,17H. The second-order valence-corrected chi connectivity index (χ2v) is 4.77. The van der Waals surface area contributed by atoms with Crippen LogP contribution in [0.1, 0.15) is 10.4 Å². The molecule has 0 amide bonds. The van der Waals surface area contributed by atoms with Gasteiger partial charge in [-0.3, -0.25) is 0 Å². The van der Waals surface area contributed by atoms with E-state index in [1.807, 2.05) is 0 Å². The Morgan fingerprint density at radius 2 is 1.58 bits per heavy atom. The number of carbonyl (C=O) groups excluding carboxylic acids is 1. The molecule has 0 spiro atoms. The van der Waals surface area contributed by atoms with Crippen LogP contribution in [0, 0.1) is 0 Å². The Labute approximate surface area is 124 Å². The number of benzene rings is 2. The summed E-state index contributed by atoms with van der Waals surface area (Å²) < 4.78 is 5.11. The molecule has 0 radical (unpaired) electrons. The lowest BCUT2D eigenvalue weighted by molar-refractivity contribution is 0.0735. The van der Waals surface area contributed by atoms with Crippen molar-refractivity contribution < 1.29 is 14.6 Å². The van der Waals surface area contributed by atoms with Crippen LogP contribution in [0.15, 0.2) is 36.4 Å². The molecular weight excluding hydrogens is 310 g/mol. The zero-order chi connectivity index (χ0) is 14.0. The molecule has 1 N–H and O–H groups in total. The Balaban J connectivity index is 2.24. The highest BCUT2D eigenvalue weighted by Crippen LogP contribution is 2.37. The number of rotatable bonds is 2. The summed E-state index contributed by atoms with van der Waals surface area (Å²) in [5.74, 6) is -0.432. The number of hydrogen-bond acceptors (Lipinski definition) is 3. The average molecular weight is 318 g/mol. The summed E-state index contributed by atoms with van der Waals surface area (Å²) in [5, 5.41) is 9.60. The average Bonchev–Trinajstić information content (AvgIpc) is 2.40.